The number of hydrogen-bond donors (Lipinski definition) is 2. The van der Waals surface area contributed by atoms with Crippen LogP contribution in [0.4, 0.5) is 0 Å². The molecule has 0 aliphatic rings. The number of amides is 1. The summed E-state index contributed by atoms with van der Waals surface area (Å²) in [6.45, 7) is -0.191. The van der Waals surface area contributed by atoms with E-state index in [0.717, 1.165) is 7.14 Å². The fourth-order valence-electron chi connectivity index (χ4n) is 3.02. The van der Waals surface area contributed by atoms with Crippen LogP contribution in [-0.4, -0.2) is 36.9 Å². The normalized spacial score (nSPS) is 11.3. The molecule has 1 amide bonds. The lowest BCUT2D eigenvalue weighted by atomic mass is 9.85. The molecule has 0 fully saturated rings. The number of nitrogens with one attached hydrogen (secondary N) is 1. The first-order chi connectivity index (χ1) is 15.9. The molecule has 0 saturated carbocycles. The molecule has 0 unspecified atom stereocenters. The first-order valence-corrected chi connectivity index (χ1v) is 11.9. The Morgan fingerprint density at radius 2 is 1.52 bits per heavy atom. The summed E-state index contributed by atoms with van der Waals surface area (Å²) in [5.74, 6) is -0.594. The van der Waals surface area contributed by atoms with Crippen molar-refractivity contribution in [1.82, 2.24) is 5.43 Å². The van der Waals surface area contributed by atoms with E-state index < -0.39 is 17.5 Å². The molecule has 2 N–H and O–H groups in total. The van der Waals surface area contributed by atoms with Gasteiger partial charge < -0.3 is 14.6 Å². The third-order valence-corrected chi connectivity index (χ3v) is 6.28. The number of rotatable bonds is 8. The Bertz CT molecular complexity index is 1090. The summed E-state index contributed by atoms with van der Waals surface area (Å²) in [6.07, 6.45) is 1.47. The Balaban J connectivity index is 1.80. The number of carbonyl (C=O) groups excluding carboxylic acids is 2. The van der Waals surface area contributed by atoms with Gasteiger partial charge in [0.25, 0.3) is 5.91 Å². The summed E-state index contributed by atoms with van der Waals surface area (Å²) in [4.78, 5) is 24.4. The van der Waals surface area contributed by atoms with Gasteiger partial charge in [-0.2, -0.15) is 5.10 Å². The third kappa shape index (κ3) is 6.09. The number of carbonyl (C=O) groups is 2. The Morgan fingerprint density at radius 1 is 1.00 bits per heavy atom. The van der Waals surface area contributed by atoms with E-state index >= 15 is 0 Å². The minimum atomic E-state index is -1.91. The predicted octanol–water partition coefficient (Wildman–Crippen LogP) is 3.83. The van der Waals surface area contributed by atoms with Crippen molar-refractivity contribution in [3.05, 3.63) is 96.6 Å². The van der Waals surface area contributed by atoms with Gasteiger partial charge in [0, 0.05) is 0 Å². The zero-order valence-corrected chi connectivity index (χ0v) is 21.8. The van der Waals surface area contributed by atoms with Crippen molar-refractivity contribution in [2.45, 2.75) is 5.60 Å². The van der Waals surface area contributed by atoms with E-state index in [1.165, 1.54) is 13.3 Å². The van der Waals surface area contributed by atoms with Gasteiger partial charge >= 0.3 is 5.97 Å². The molecule has 0 aliphatic carbocycles. The number of esters is 1. The van der Waals surface area contributed by atoms with Gasteiger partial charge in [0.15, 0.2) is 12.2 Å². The van der Waals surface area contributed by atoms with Gasteiger partial charge in [-0.05, 0) is 74.0 Å². The van der Waals surface area contributed by atoms with Crippen molar-refractivity contribution in [3.63, 3.8) is 0 Å². The third-order valence-electron chi connectivity index (χ3n) is 4.67. The highest BCUT2D eigenvalue weighted by Crippen LogP contribution is 2.30. The van der Waals surface area contributed by atoms with Gasteiger partial charge in [-0.25, -0.2) is 10.2 Å². The van der Waals surface area contributed by atoms with Crippen molar-refractivity contribution in [2.75, 3.05) is 13.7 Å². The lowest BCUT2D eigenvalue weighted by Gasteiger charge is -2.27. The van der Waals surface area contributed by atoms with E-state index in [-0.39, 0.29) is 6.61 Å². The first kappa shape index (κ1) is 25.1. The number of hydrogen-bond acceptors (Lipinski definition) is 6. The zero-order chi connectivity index (χ0) is 23.8. The van der Waals surface area contributed by atoms with E-state index in [1.807, 2.05) is 12.1 Å². The van der Waals surface area contributed by atoms with Crippen LogP contribution in [0.25, 0.3) is 0 Å². The molecule has 3 aromatic rings. The van der Waals surface area contributed by atoms with Gasteiger partial charge in [0.05, 0.1) is 20.5 Å². The highest BCUT2D eigenvalue weighted by Gasteiger charge is 2.39. The summed E-state index contributed by atoms with van der Waals surface area (Å²) >= 11 is 4.19. The Labute approximate surface area is 218 Å². The number of aliphatic hydroxyl groups is 1. The van der Waals surface area contributed by atoms with Crippen LogP contribution >= 0.6 is 45.2 Å². The number of nitrogens with zero attached hydrogens (tertiary/aromatic N) is 1. The lowest BCUT2D eigenvalue weighted by Crippen LogP contribution is -2.43. The summed E-state index contributed by atoms with van der Waals surface area (Å²) in [5, 5.41) is 15.5. The molecular formula is C24H20I2N2O5. The van der Waals surface area contributed by atoms with Crippen molar-refractivity contribution in [1.29, 1.82) is 0 Å². The zero-order valence-electron chi connectivity index (χ0n) is 17.5. The van der Waals surface area contributed by atoms with Crippen LogP contribution in [-0.2, 0) is 19.9 Å². The highest BCUT2D eigenvalue weighted by atomic mass is 127. The Hall–Kier alpha value is -2.51. The molecule has 7 nitrogen and oxygen atoms in total. The van der Waals surface area contributed by atoms with Gasteiger partial charge in [-0.15, -0.1) is 0 Å². The summed E-state index contributed by atoms with van der Waals surface area (Å²) < 4.78 is 11.6. The Kier molecular flexibility index (Phi) is 8.80. The van der Waals surface area contributed by atoms with Crippen molar-refractivity contribution in [2.24, 2.45) is 5.10 Å². The fraction of sp³-hybridized carbons (Fsp3) is 0.125. The number of hydrazone groups is 1. The molecule has 170 valence electrons. The monoisotopic (exact) mass is 670 g/mol. The summed E-state index contributed by atoms with van der Waals surface area (Å²) in [5.41, 5.74) is 2.11. The molecule has 3 rings (SSSR count). The molecule has 0 aliphatic heterocycles. The van der Waals surface area contributed by atoms with Crippen molar-refractivity contribution >= 4 is 63.3 Å². The number of halogens is 2. The Morgan fingerprint density at radius 3 is 2.00 bits per heavy atom. The van der Waals surface area contributed by atoms with Crippen molar-refractivity contribution in [3.8, 4) is 5.75 Å². The van der Waals surface area contributed by atoms with Crippen LogP contribution in [0, 0.1) is 7.14 Å². The maximum atomic E-state index is 13.1. The minimum absolute atomic E-state index is 0.191. The number of ether oxygens (including phenoxy) is 2. The average Bonchev–Trinajstić information content (AvgIpc) is 2.83. The quantitative estimate of drug-likeness (QED) is 0.165. The second-order valence-electron chi connectivity index (χ2n) is 6.82. The standard InChI is InChI=1S/C24H20I2N2O5/c1-32-21(29)15-33-22-19(25)12-16(13-20(22)26)14-27-28-23(30)24(31,17-8-4-2-5-9-17)18-10-6-3-7-11-18/h2-14,31H,15H2,1H3,(H,28,30)/b27-14-. The van der Waals surface area contributed by atoms with Crippen LogP contribution in [0.3, 0.4) is 0 Å². The molecule has 0 aromatic heterocycles. The van der Waals surface area contributed by atoms with Crippen LogP contribution < -0.4 is 10.2 Å². The van der Waals surface area contributed by atoms with Gasteiger partial charge in [0.1, 0.15) is 5.75 Å². The van der Waals surface area contributed by atoms with E-state index in [4.69, 9.17) is 4.74 Å². The number of benzene rings is 3. The maximum Gasteiger partial charge on any atom is 0.343 e. The summed E-state index contributed by atoms with van der Waals surface area (Å²) in [6, 6.07) is 21.0. The van der Waals surface area contributed by atoms with E-state index in [1.54, 1.807) is 60.7 Å². The van der Waals surface area contributed by atoms with Crippen LogP contribution in [0.5, 0.6) is 5.75 Å². The van der Waals surface area contributed by atoms with Gasteiger partial charge in [0.2, 0.25) is 0 Å². The molecule has 33 heavy (non-hydrogen) atoms. The number of methoxy groups -OCH3 is 1. The molecule has 0 atom stereocenters. The van der Waals surface area contributed by atoms with Crippen molar-refractivity contribution < 1.29 is 24.2 Å². The molecule has 0 radical (unpaired) electrons. The molecule has 9 heteroatoms. The predicted molar refractivity (Wildman–Crippen MR) is 141 cm³/mol. The second-order valence-corrected chi connectivity index (χ2v) is 9.14. The maximum absolute atomic E-state index is 13.1. The second kappa shape index (κ2) is 11.6. The fourth-order valence-corrected chi connectivity index (χ4v) is 5.14. The highest BCUT2D eigenvalue weighted by molar-refractivity contribution is 14.1. The minimum Gasteiger partial charge on any atom is -0.480 e. The molecule has 0 bridgehead atoms. The van der Waals surface area contributed by atoms with E-state index in [9.17, 15) is 14.7 Å². The SMILES string of the molecule is COC(=O)COc1c(I)cc(/C=N\NC(=O)C(O)(c2ccccc2)c2ccccc2)cc1I. The van der Waals surface area contributed by atoms with E-state index in [2.05, 4.69) is 60.4 Å². The van der Waals surface area contributed by atoms with Gasteiger partial charge in [-0.1, -0.05) is 60.7 Å². The molecular weight excluding hydrogens is 650 g/mol. The summed E-state index contributed by atoms with van der Waals surface area (Å²) in [7, 11) is 1.30. The van der Waals surface area contributed by atoms with E-state index in [0.29, 0.717) is 22.4 Å². The lowest BCUT2D eigenvalue weighted by molar-refractivity contribution is -0.143. The smallest absolute Gasteiger partial charge is 0.343 e. The molecule has 3 aromatic carbocycles. The average molecular weight is 670 g/mol. The largest absolute Gasteiger partial charge is 0.480 e. The first-order valence-electron chi connectivity index (χ1n) is 9.72. The van der Waals surface area contributed by atoms with Crippen LogP contribution in [0.2, 0.25) is 0 Å². The molecule has 0 spiro atoms. The molecule has 0 saturated heterocycles. The van der Waals surface area contributed by atoms with Crippen LogP contribution in [0.1, 0.15) is 16.7 Å². The molecule has 0 heterocycles. The topological polar surface area (TPSA) is 97.2 Å². The van der Waals surface area contributed by atoms with Crippen LogP contribution in [0.15, 0.2) is 77.9 Å². The van der Waals surface area contributed by atoms with Gasteiger partial charge in [-0.3, -0.25) is 4.79 Å².